The van der Waals surface area contributed by atoms with Crippen molar-refractivity contribution < 1.29 is 23.9 Å². The Morgan fingerprint density at radius 2 is 1.69 bits per heavy atom. The van der Waals surface area contributed by atoms with Gasteiger partial charge in [-0.1, -0.05) is 42.5 Å². The van der Waals surface area contributed by atoms with Gasteiger partial charge in [-0.2, -0.15) is 0 Å². The lowest BCUT2D eigenvalue weighted by atomic mass is 9.94. The van der Waals surface area contributed by atoms with Crippen molar-refractivity contribution in [2.45, 2.75) is 38.1 Å². The highest BCUT2D eigenvalue weighted by molar-refractivity contribution is 6.35. The van der Waals surface area contributed by atoms with Gasteiger partial charge in [0.2, 0.25) is 0 Å². The number of nitrogens with one attached hydrogen (secondary N) is 1. The predicted octanol–water partition coefficient (Wildman–Crippen LogP) is 4.72. The van der Waals surface area contributed by atoms with Gasteiger partial charge in [0.1, 0.15) is 0 Å². The van der Waals surface area contributed by atoms with Gasteiger partial charge in [-0.25, -0.2) is 4.79 Å². The molecule has 1 aliphatic carbocycles. The van der Waals surface area contributed by atoms with Gasteiger partial charge in [0.05, 0.1) is 27.4 Å². The third-order valence-electron chi connectivity index (χ3n) is 5.63. The lowest BCUT2D eigenvalue weighted by molar-refractivity contribution is -0.119. The summed E-state index contributed by atoms with van der Waals surface area (Å²) in [7, 11) is 0. The molecular formula is C23H20Cl2N2O5. The van der Waals surface area contributed by atoms with Crippen LogP contribution in [0.1, 0.15) is 63.2 Å². The number of nitrogens with zero attached hydrogens (tertiary/aromatic N) is 1. The largest absolute Gasteiger partial charge is 0.452 e. The van der Waals surface area contributed by atoms with Gasteiger partial charge in [-0.3, -0.25) is 19.3 Å². The Bertz CT molecular complexity index is 1110. The average Bonchev–Trinajstić information content (AvgIpc) is 3.04. The molecule has 0 bridgehead atoms. The average molecular weight is 475 g/mol. The Morgan fingerprint density at radius 3 is 2.44 bits per heavy atom. The van der Waals surface area contributed by atoms with Crippen LogP contribution in [0.5, 0.6) is 0 Å². The van der Waals surface area contributed by atoms with Crippen LogP contribution in [0.15, 0.2) is 36.4 Å². The van der Waals surface area contributed by atoms with E-state index >= 15 is 0 Å². The smallest absolute Gasteiger partial charge is 0.338 e. The Kier molecular flexibility index (Phi) is 6.48. The van der Waals surface area contributed by atoms with Crippen molar-refractivity contribution in [3.63, 3.8) is 0 Å². The summed E-state index contributed by atoms with van der Waals surface area (Å²) >= 11 is 11.9. The van der Waals surface area contributed by atoms with Gasteiger partial charge in [-0.15, -0.1) is 0 Å². The van der Waals surface area contributed by atoms with Crippen LogP contribution in [0, 0.1) is 0 Å². The molecular weight excluding hydrogens is 455 g/mol. The van der Waals surface area contributed by atoms with E-state index in [-0.39, 0.29) is 34.5 Å². The normalized spacial score (nSPS) is 16.1. The van der Waals surface area contributed by atoms with E-state index in [1.807, 2.05) is 0 Å². The Labute approximate surface area is 194 Å². The minimum absolute atomic E-state index is 0.0870. The van der Waals surface area contributed by atoms with E-state index in [0.717, 1.165) is 32.1 Å². The molecule has 0 unspecified atom stereocenters. The first-order valence-corrected chi connectivity index (χ1v) is 11.0. The number of ether oxygens (including phenoxy) is 1. The van der Waals surface area contributed by atoms with E-state index in [4.69, 9.17) is 27.9 Å². The molecule has 2 aromatic carbocycles. The van der Waals surface area contributed by atoms with Crippen molar-refractivity contribution in [1.29, 1.82) is 0 Å². The number of imide groups is 1. The van der Waals surface area contributed by atoms with Crippen molar-refractivity contribution in [1.82, 2.24) is 4.90 Å². The van der Waals surface area contributed by atoms with Gasteiger partial charge in [0.25, 0.3) is 17.7 Å². The Hall–Kier alpha value is -2.90. The van der Waals surface area contributed by atoms with Crippen molar-refractivity contribution >= 4 is 52.6 Å². The maximum Gasteiger partial charge on any atom is 0.338 e. The first-order valence-electron chi connectivity index (χ1n) is 10.3. The zero-order chi connectivity index (χ0) is 22.8. The molecule has 2 aliphatic rings. The molecule has 1 N–H and O–H groups in total. The number of carbonyl (C=O) groups is 4. The highest BCUT2D eigenvalue weighted by Crippen LogP contribution is 2.31. The molecule has 7 nitrogen and oxygen atoms in total. The summed E-state index contributed by atoms with van der Waals surface area (Å²) < 4.78 is 5.06. The Morgan fingerprint density at radius 1 is 0.969 bits per heavy atom. The van der Waals surface area contributed by atoms with Crippen LogP contribution in [0.3, 0.4) is 0 Å². The number of benzene rings is 2. The van der Waals surface area contributed by atoms with E-state index in [2.05, 4.69) is 5.32 Å². The maximum absolute atomic E-state index is 12.9. The number of anilines is 1. The van der Waals surface area contributed by atoms with Crippen molar-refractivity contribution in [2.75, 3.05) is 11.9 Å². The molecule has 32 heavy (non-hydrogen) atoms. The number of esters is 1. The highest BCUT2D eigenvalue weighted by atomic mass is 35.5. The second-order valence-corrected chi connectivity index (χ2v) is 8.62. The molecule has 0 aromatic heterocycles. The molecule has 3 amide bonds. The van der Waals surface area contributed by atoms with Gasteiger partial charge < -0.3 is 10.1 Å². The minimum Gasteiger partial charge on any atom is -0.452 e. The third kappa shape index (κ3) is 4.49. The number of hydrogen-bond donors (Lipinski definition) is 1. The summed E-state index contributed by atoms with van der Waals surface area (Å²) in [6, 6.07) is 8.72. The molecule has 0 spiro atoms. The molecule has 0 atom stereocenters. The van der Waals surface area contributed by atoms with Crippen LogP contribution in [0.2, 0.25) is 10.0 Å². The summed E-state index contributed by atoms with van der Waals surface area (Å²) in [6.07, 6.45) is 4.67. The van der Waals surface area contributed by atoms with E-state index in [0.29, 0.717) is 15.7 Å². The van der Waals surface area contributed by atoms with Gasteiger partial charge in [0, 0.05) is 11.1 Å². The maximum atomic E-state index is 12.9. The number of amides is 3. The molecule has 1 aliphatic heterocycles. The fraction of sp³-hybridized carbons (Fsp3) is 0.304. The first kappa shape index (κ1) is 22.3. The lowest BCUT2D eigenvalue weighted by Gasteiger charge is -2.29. The molecule has 1 fully saturated rings. The monoisotopic (exact) mass is 474 g/mol. The standard InChI is InChI=1S/C23H20Cl2N2O5/c24-14-7-9-18(25)19(11-14)26-20(28)12-32-23(31)13-6-8-16-17(10-13)22(30)27(21(16)29)15-4-2-1-3-5-15/h6-11,15H,1-5,12H2,(H,26,28). The number of carbonyl (C=O) groups excluding carboxylic acids is 4. The van der Waals surface area contributed by atoms with Crippen molar-refractivity contribution in [2.24, 2.45) is 0 Å². The fourth-order valence-electron chi connectivity index (χ4n) is 4.05. The summed E-state index contributed by atoms with van der Waals surface area (Å²) in [5.74, 6) is -2.09. The van der Waals surface area contributed by atoms with Crippen LogP contribution >= 0.6 is 23.2 Å². The number of halogens is 2. The zero-order valence-electron chi connectivity index (χ0n) is 17.0. The van der Waals surface area contributed by atoms with E-state index in [1.165, 1.54) is 35.2 Å². The molecule has 0 radical (unpaired) electrons. The quantitative estimate of drug-likeness (QED) is 0.499. The van der Waals surface area contributed by atoms with E-state index < -0.39 is 18.5 Å². The van der Waals surface area contributed by atoms with Crippen LogP contribution in [-0.2, 0) is 9.53 Å². The van der Waals surface area contributed by atoms with Crippen LogP contribution in [0.4, 0.5) is 5.69 Å². The molecule has 1 heterocycles. The Balaban J connectivity index is 1.41. The number of rotatable bonds is 5. The number of fused-ring (bicyclic) bond motifs is 1. The summed E-state index contributed by atoms with van der Waals surface area (Å²) in [4.78, 5) is 51.5. The molecule has 2 aromatic rings. The summed E-state index contributed by atoms with van der Waals surface area (Å²) in [6.45, 7) is -0.556. The first-order chi connectivity index (χ1) is 15.3. The van der Waals surface area contributed by atoms with Gasteiger partial charge in [0.15, 0.2) is 6.61 Å². The van der Waals surface area contributed by atoms with Gasteiger partial charge >= 0.3 is 5.97 Å². The minimum atomic E-state index is -0.781. The van der Waals surface area contributed by atoms with E-state index in [1.54, 1.807) is 6.07 Å². The predicted molar refractivity (Wildman–Crippen MR) is 119 cm³/mol. The molecule has 9 heteroatoms. The van der Waals surface area contributed by atoms with Crippen molar-refractivity contribution in [3.05, 3.63) is 63.1 Å². The topological polar surface area (TPSA) is 92.8 Å². The number of hydrogen-bond acceptors (Lipinski definition) is 5. The SMILES string of the molecule is O=C(COC(=O)c1ccc2c(c1)C(=O)N(C1CCCCC1)C2=O)Nc1cc(Cl)ccc1Cl. The van der Waals surface area contributed by atoms with E-state index in [9.17, 15) is 19.2 Å². The zero-order valence-corrected chi connectivity index (χ0v) is 18.5. The van der Waals surface area contributed by atoms with Crippen molar-refractivity contribution in [3.8, 4) is 0 Å². The highest BCUT2D eigenvalue weighted by Gasteiger charge is 2.40. The molecule has 4 rings (SSSR count). The van der Waals surface area contributed by atoms with Crippen LogP contribution in [0.25, 0.3) is 0 Å². The molecule has 166 valence electrons. The molecule has 1 saturated carbocycles. The summed E-state index contributed by atoms with van der Waals surface area (Å²) in [5.41, 5.74) is 0.851. The van der Waals surface area contributed by atoms with Gasteiger partial charge in [-0.05, 0) is 49.2 Å². The van der Waals surface area contributed by atoms with Crippen LogP contribution < -0.4 is 5.32 Å². The molecule has 0 saturated heterocycles. The second kappa shape index (κ2) is 9.30. The fourth-order valence-corrected chi connectivity index (χ4v) is 4.39. The lowest BCUT2D eigenvalue weighted by Crippen LogP contribution is -2.40. The third-order valence-corrected chi connectivity index (χ3v) is 6.20. The summed E-state index contributed by atoms with van der Waals surface area (Å²) in [5, 5.41) is 3.20. The second-order valence-electron chi connectivity index (χ2n) is 7.78. The van der Waals surface area contributed by atoms with Crippen LogP contribution in [-0.4, -0.2) is 41.2 Å².